The van der Waals surface area contributed by atoms with Crippen LogP contribution < -0.4 is 0 Å². The summed E-state index contributed by atoms with van der Waals surface area (Å²) >= 11 is 3.20. The highest BCUT2D eigenvalue weighted by Crippen LogP contribution is 2.24. The molecule has 1 N–H and O–H groups in total. The van der Waals surface area contributed by atoms with Crippen molar-refractivity contribution in [1.29, 1.82) is 0 Å². The molecule has 0 aliphatic heterocycles. The molecule has 6 nitrogen and oxygen atoms in total. The predicted molar refractivity (Wildman–Crippen MR) is 85.7 cm³/mol. The van der Waals surface area contributed by atoms with Gasteiger partial charge in [0.1, 0.15) is 0 Å². The van der Waals surface area contributed by atoms with E-state index < -0.39 is 31.4 Å². The van der Waals surface area contributed by atoms with E-state index in [2.05, 4.69) is 15.9 Å². The standard InChI is InChI=1S/C14H11BrO6S2/c15-10-4-6-11(7-5-10)23(20,21)13-3-1-2-12(8-13)22(18,19)9-14(16)17/h1-8H,9H2,(H,16,17). The lowest BCUT2D eigenvalue weighted by Gasteiger charge is -2.07. The van der Waals surface area contributed by atoms with Crippen LogP contribution in [0.2, 0.25) is 0 Å². The van der Waals surface area contributed by atoms with Crippen molar-refractivity contribution < 1.29 is 26.7 Å². The monoisotopic (exact) mass is 418 g/mol. The molecule has 9 heteroatoms. The lowest BCUT2D eigenvalue weighted by atomic mass is 10.4. The summed E-state index contributed by atoms with van der Waals surface area (Å²) in [6.07, 6.45) is 0. The third kappa shape index (κ3) is 3.98. The molecule has 0 fully saturated rings. The number of rotatable bonds is 5. The number of hydrogen-bond acceptors (Lipinski definition) is 5. The third-order valence-electron chi connectivity index (χ3n) is 2.91. The minimum Gasteiger partial charge on any atom is -0.480 e. The fourth-order valence-electron chi connectivity index (χ4n) is 1.83. The molecule has 0 unspecified atom stereocenters. The van der Waals surface area contributed by atoms with Crippen molar-refractivity contribution in [3.05, 3.63) is 53.0 Å². The van der Waals surface area contributed by atoms with Gasteiger partial charge in [-0.2, -0.15) is 0 Å². The van der Waals surface area contributed by atoms with Crippen LogP contribution in [0.5, 0.6) is 0 Å². The van der Waals surface area contributed by atoms with Gasteiger partial charge < -0.3 is 5.11 Å². The number of carboxylic acid groups (broad SMARTS) is 1. The molecule has 2 rings (SSSR count). The molecule has 0 saturated carbocycles. The Kier molecular flexibility index (Phi) is 4.92. The highest BCUT2D eigenvalue weighted by Gasteiger charge is 2.23. The molecular weight excluding hydrogens is 408 g/mol. The van der Waals surface area contributed by atoms with E-state index in [4.69, 9.17) is 5.11 Å². The van der Waals surface area contributed by atoms with E-state index >= 15 is 0 Å². The average molecular weight is 419 g/mol. The summed E-state index contributed by atoms with van der Waals surface area (Å²) in [5.41, 5.74) is 0. The van der Waals surface area contributed by atoms with E-state index in [9.17, 15) is 21.6 Å². The van der Waals surface area contributed by atoms with Crippen molar-refractivity contribution in [2.75, 3.05) is 5.75 Å². The van der Waals surface area contributed by atoms with Gasteiger partial charge in [-0.05, 0) is 42.5 Å². The average Bonchev–Trinajstić information content (AvgIpc) is 2.46. The predicted octanol–water partition coefficient (Wildman–Crippen LogP) is 2.14. The largest absolute Gasteiger partial charge is 0.480 e. The molecule has 0 heterocycles. The zero-order chi connectivity index (χ0) is 17.3. The van der Waals surface area contributed by atoms with Gasteiger partial charge in [-0.15, -0.1) is 0 Å². The first-order valence-corrected chi connectivity index (χ1v) is 10.1. The third-order valence-corrected chi connectivity index (χ3v) is 6.81. The van der Waals surface area contributed by atoms with Gasteiger partial charge in [0.05, 0.1) is 14.7 Å². The van der Waals surface area contributed by atoms with Gasteiger partial charge in [-0.25, -0.2) is 16.8 Å². The van der Waals surface area contributed by atoms with Crippen molar-refractivity contribution in [2.45, 2.75) is 14.7 Å². The number of halogens is 1. The maximum absolute atomic E-state index is 12.5. The summed E-state index contributed by atoms with van der Waals surface area (Å²) < 4.78 is 49.6. The number of carboxylic acids is 1. The molecule has 0 spiro atoms. The molecule has 0 aliphatic rings. The first-order chi connectivity index (χ1) is 10.6. The molecule has 0 bridgehead atoms. The molecule has 2 aromatic rings. The Balaban J connectivity index is 2.51. The zero-order valence-corrected chi connectivity index (χ0v) is 14.7. The quantitative estimate of drug-likeness (QED) is 0.796. The Morgan fingerprint density at radius 3 is 2.04 bits per heavy atom. The molecule has 2 aromatic carbocycles. The van der Waals surface area contributed by atoms with Gasteiger partial charge in [0.2, 0.25) is 9.84 Å². The summed E-state index contributed by atoms with van der Waals surface area (Å²) in [4.78, 5) is 10.1. The highest BCUT2D eigenvalue weighted by atomic mass is 79.9. The maximum atomic E-state index is 12.5. The van der Waals surface area contributed by atoms with E-state index in [1.165, 1.54) is 30.3 Å². The first kappa shape index (κ1) is 17.6. The first-order valence-electron chi connectivity index (χ1n) is 6.18. The van der Waals surface area contributed by atoms with E-state index in [1.807, 2.05) is 0 Å². The van der Waals surface area contributed by atoms with Gasteiger partial charge >= 0.3 is 5.97 Å². The number of sulfone groups is 2. The lowest BCUT2D eigenvalue weighted by Crippen LogP contribution is -2.15. The SMILES string of the molecule is O=C(O)CS(=O)(=O)c1cccc(S(=O)(=O)c2ccc(Br)cc2)c1. The minimum absolute atomic E-state index is 0.00785. The molecule has 0 atom stereocenters. The van der Waals surface area contributed by atoms with E-state index in [0.717, 1.165) is 6.07 Å². The maximum Gasteiger partial charge on any atom is 0.319 e. The summed E-state index contributed by atoms with van der Waals surface area (Å²) in [6.45, 7) is 0. The fourth-order valence-corrected chi connectivity index (χ4v) is 4.56. The highest BCUT2D eigenvalue weighted by molar-refractivity contribution is 9.10. The Morgan fingerprint density at radius 1 is 0.913 bits per heavy atom. The van der Waals surface area contributed by atoms with E-state index in [1.54, 1.807) is 12.1 Å². The second-order valence-electron chi connectivity index (χ2n) is 4.59. The van der Waals surface area contributed by atoms with Crippen LogP contribution in [0.3, 0.4) is 0 Å². The van der Waals surface area contributed by atoms with Crippen molar-refractivity contribution in [2.24, 2.45) is 0 Å². The van der Waals surface area contributed by atoms with Crippen LogP contribution in [0, 0.1) is 0 Å². The second-order valence-corrected chi connectivity index (χ2v) is 9.44. The Labute approximate surface area is 141 Å². The van der Waals surface area contributed by atoms with Gasteiger partial charge in [0.15, 0.2) is 15.6 Å². The topological polar surface area (TPSA) is 106 Å². The van der Waals surface area contributed by atoms with Crippen LogP contribution in [0.25, 0.3) is 0 Å². The van der Waals surface area contributed by atoms with Crippen LogP contribution in [-0.4, -0.2) is 33.7 Å². The molecule has 122 valence electrons. The zero-order valence-electron chi connectivity index (χ0n) is 11.5. The van der Waals surface area contributed by atoms with Crippen LogP contribution in [0.15, 0.2) is 67.7 Å². The summed E-state index contributed by atoms with van der Waals surface area (Å²) in [7, 11) is -8.00. The molecule has 0 amide bonds. The Hall–Kier alpha value is -1.71. The molecular formula is C14H11BrO6S2. The summed E-state index contributed by atoms with van der Waals surface area (Å²) in [6, 6.07) is 10.5. The van der Waals surface area contributed by atoms with Crippen LogP contribution >= 0.6 is 15.9 Å². The van der Waals surface area contributed by atoms with Crippen molar-refractivity contribution in [1.82, 2.24) is 0 Å². The number of hydrogen-bond donors (Lipinski definition) is 1. The van der Waals surface area contributed by atoms with Gasteiger partial charge in [-0.1, -0.05) is 22.0 Å². The summed E-state index contributed by atoms with van der Waals surface area (Å²) in [5.74, 6) is -2.61. The van der Waals surface area contributed by atoms with Gasteiger partial charge in [0, 0.05) is 4.47 Å². The van der Waals surface area contributed by atoms with E-state index in [0.29, 0.717) is 4.47 Å². The van der Waals surface area contributed by atoms with Crippen LogP contribution in [0.4, 0.5) is 0 Å². The molecule has 23 heavy (non-hydrogen) atoms. The van der Waals surface area contributed by atoms with Crippen molar-refractivity contribution in [3.63, 3.8) is 0 Å². The number of benzene rings is 2. The number of aliphatic carboxylic acids is 1. The van der Waals surface area contributed by atoms with Crippen LogP contribution in [0.1, 0.15) is 0 Å². The molecule has 0 radical (unpaired) electrons. The normalized spacial score (nSPS) is 12.0. The summed E-state index contributed by atoms with van der Waals surface area (Å²) in [5, 5.41) is 8.64. The van der Waals surface area contributed by atoms with Crippen LogP contribution in [-0.2, 0) is 24.5 Å². The number of carbonyl (C=O) groups is 1. The molecule has 0 aliphatic carbocycles. The smallest absolute Gasteiger partial charge is 0.319 e. The molecule has 0 aromatic heterocycles. The molecule has 0 saturated heterocycles. The van der Waals surface area contributed by atoms with Crippen molar-refractivity contribution >= 4 is 41.6 Å². The second kappa shape index (κ2) is 6.42. The Bertz CT molecular complexity index is 947. The van der Waals surface area contributed by atoms with Gasteiger partial charge in [0.25, 0.3) is 0 Å². The Morgan fingerprint density at radius 2 is 1.48 bits per heavy atom. The van der Waals surface area contributed by atoms with Gasteiger partial charge in [-0.3, -0.25) is 4.79 Å². The fraction of sp³-hybridized carbons (Fsp3) is 0.0714. The minimum atomic E-state index is -4.10. The van der Waals surface area contributed by atoms with Crippen molar-refractivity contribution in [3.8, 4) is 0 Å². The lowest BCUT2D eigenvalue weighted by molar-refractivity contribution is -0.134. The van der Waals surface area contributed by atoms with E-state index in [-0.39, 0.29) is 14.7 Å².